The number of carbonyl (C=O) groups excluding carboxylic acids is 2. The number of rotatable bonds is 2. The Morgan fingerprint density at radius 2 is 2.28 bits per heavy atom. The first-order valence-corrected chi connectivity index (χ1v) is 5.34. The highest BCUT2D eigenvalue weighted by atomic mass is 35.5. The molecule has 0 saturated heterocycles. The third-order valence-electron chi connectivity index (χ3n) is 2.07. The average molecular weight is 266 g/mol. The van der Waals surface area contributed by atoms with Crippen molar-refractivity contribution in [2.75, 3.05) is 0 Å². The smallest absolute Gasteiger partial charge is 0.337 e. The highest BCUT2D eigenvalue weighted by molar-refractivity contribution is 6.48. The molecule has 2 rings (SSSR count). The fourth-order valence-corrected chi connectivity index (χ4v) is 1.43. The van der Waals surface area contributed by atoms with Crippen LogP contribution in [0.15, 0.2) is 34.6 Å². The third-order valence-corrected chi connectivity index (χ3v) is 2.37. The van der Waals surface area contributed by atoms with Crippen molar-refractivity contribution in [3.05, 3.63) is 41.0 Å². The first-order valence-electron chi connectivity index (χ1n) is 4.97. The van der Waals surface area contributed by atoms with Gasteiger partial charge in [-0.25, -0.2) is 9.78 Å². The number of aromatic nitrogens is 2. The second kappa shape index (κ2) is 4.97. The Kier molecular flexibility index (Phi) is 3.38. The Balaban J connectivity index is 2.08. The van der Waals surface area contributed by atoms with Gasteiger partial charge in [-0.15, -0.1) is 0 Å². The van der Waals surface area contributed by atoms with E-state index in [0.717, 1.165) is 0 Å². The Morgan fingerprint density at radius 1 is 1.50 bits per heavy atom. The summed E-state index contributed by atoms with van der Waals surface area (Å²) in [5.74, 6) is -0.331. The number of aromatic amines is 1. The van der Waals surface area contributed by atoms with Gasteiger partial charge in [0.15, 0.2) is 5.78 Å². The zero-order valence-electron chi connectivity index (χ0n) is 9.31. The van der Waals surface area contributed by atoms with Gasteiger partial charge in [0.2, 0.25) is 0 Å². The maximum Gasteiger partial charge on any atom is 0.383 e. The zero-order valence-corrected chi connectivity index (χ0v) is 10.1. The molecular weight excluding hydrogens is 258 g/mol. The maximum absolute atomic E-state index is 11.5. The second-order valence-electron chi connectivity index (χ2n) is 3.47. The number of allylic oxidation sites excluding steroid dienone is 4. The molecule has 0 radical (unpaired) electrons. The molecule has 1 N–H and O–H groups in total. The maximum atomic E-state index is 11.5. The van der Waals surface area contributed by atoms with Crippen molar-refractivity contribution in [3.63, 3.8) is 0 Å². The van der Waals surface area contributed by atoms with Crippen molar-refractivity contribution < 1.29 is 14.4 Å². The number of hydrogen-bond donors (Lipinski definition) is 1. The van der Waals surface area contributed by atoms with E-state index < -0.39 is 5.97 Å². The summed E-state index contributed by atoms with van der Waals surface area (Å²) in [4.78, 5) is 33.7. The number of imidazole rings is 1. The Morgan fingerprint density at radius 3 is 2.89 bits per heavy atom. The molecule has 0 spiro atoms. The molecule has 6 nitrogen and oxygen atoms in total. The number of oxime groups is 1. The molecule has 0 unspecified atom stereocenters. The molecule has 7 heteroatoms. The Labute approximate surface area is 107 Å². The first-order chi connectivity index (χ1) is 8.56. The largest absolute Gasteiger partial charge is 0.383 e. The van der Waals surface area contributed by atoms with Crippen LogP contribution in [0, 0.1) is 6.92 Å². The lowest BCUT2D eigenvalue weighted by atomic mass is 10.2. The first kappa shape index (κ1) is 12.3. The quantitative estimate of drug-likeness (QED) is 0.499. The lowest BCUT2D eigenvalue weighted by molar-refractivity contribution is -0.110. The fourth-order valence-electron chi connectivity index (χ4n) is 1.23. The summed E-state index contributed by atoms with van der Waals surface area (Å²) in [5.41, 5.74) is 0.397. The monoisotopic (exact) mass is 265 g/mol. The van der Waals surface area contributed by atoms with Crippen LogP contribution in [0.4, 0.5) is 0 Å². The number of aryl methyl sites for hydroxylation is 1. The van der Waals surface area contributed by atoms with E-state index in [0.29, 0.717) is 5.82 Å². The molecule has 1 heterocycles. The number of ketones is 1. The van der Waals surface area contributed by atoms with Gasteiger partial charge >= 0.3 is 5.97 Å². The van der Waals surface area contributed by atoms with E-state index in [9.17, 15) is 9.59 Å². The summed E-state index contributed by atoms with van der Waals surface area (Å²) in [5, 5.41) is 3.69. The van der Waals surface area contributed by atoms with Gasteiger partial charge in [-0.3, -0.25) is 4.79 Å². The second-order valence-corrected chi connectivity index (χ2v) is 3.87. The molecule has 0 saturated carbocycles. The summed E-state index contributed by atoms with van der Waals surface area (Å²) < 4.78 is 0. The number of halogens is 1. The predicted octanol–water partition coefficient (Wildman–Crippen LogP) is 1.49. The summed E-state index contributed by atoms with van der Waals surface area (Å²) in [6.45, 7) is 1.71. The van der Waals surface area contributed by atoms with Gasteiger partial charge in [0.25, 0.3) is 0 Å². The third kappa shape index (κ3) is 2.72. The van der Waals surface area contributed by atoms with Gasteiger partial charge in [-0.1, -0.05) is 16.8 Å². The van der Waals surface area contributed by atoms with Crippen molar-refractivity contribution >= 4 is 29.1 Å². The molecule has 0 fully saturated rings. The summed E-state index contributed by atoms with van der Waals surface area (Å²) >= 11 is 5.76. The van der Waals surface area contributed by atoms with Crippen molar-refractivity contribution in [1.29, 1.82) is 0 Å². The molecule has 0 aliphatic heterocycles. The molecule has 0 amide bonds. The van der Waals surface area contributed by atoms with Crippen molar-refractivity contribution in [2.45, 2.75) is 6.92 Å². The molecule has 0 aromatic carbocycles. The minimum Gasteiger partial charge on any atom is -0.337 e. The minimum absolute atomic E-state index is 0.121. The fraction of sp³-hybridized carbons (Fsp3) is 0.0909. The van der Waals surface area contributed by atoms with E-state index in [-0.39, 0.29) is 22.2 Å². The van der Waals surface area contributed by atoms with Crippen LogP contribution in [-0.2, 0) is 9.63 Å². The highest BCUT2D eigenvalue weighted by Crippen LogP contribution is 2.12. The molecule has 1 aromatic heterocycles. The van der Waals surface area contributed by atoms with Crippen LogP contribution in [0.25, 0.3) is 0 Å². The van der Waals surface area contributed by atoms with E-state index in [1.165, 1.54) is 24.4 Å². The van der Waals surface area contributed by atoms with Gasteiger partial charge in [-0.2, -0.15) is 0 Å². The summed E-state index contributed by atoms with van der Waals surface area (Å²) in [7, 11) is 0. The van der Waals surface area contributed by atoms with Gasteiger partial charge < -0.3 is 9.82 Å². The topological polar surface area (TPSA) is 84.4 Å². The van der Waals surface area contributed by atoms with Crippen molar-refractivity contribution in [1.82, 2.24) is 9.97 Å². The molecule has 1 aliphatic rings. The van der Waals surface area contributed by atoms with Crippen LogP contribution in [0.1, 0.15) is 16.3 Å². The van der Waals surface area contributed by atoms with Crippen molar-refractivity contribution in [3.8, 4) is 0 Å². The summed E-state index contributed by atoms with van der Waals surface area (Å²) in [6.07, 6.45) is 5.18. The number of nitrogens with zero attached hydrogens (tertiary/aromatic N) is 2. The van der Waals surface area contributed by atoms with Crippen LogP contribution in [0.5, 0.6) is 0 Å². The van der Waals surface area contributed by atoms with Crippen LogP contribution < -0.4 is 0 Å². The highest BCUT2D eigenvalue weighted by Gasteiger charge is 2.13. The standard InChI is InChI=1S/C11H8ClN3O3/c1-6-13-5-10(14-6)11(17)18-15-9-3-2-7(16)4-8(9)12/h2-5H,1H3,(H,13,14). The average Bonchev–Trinajstić information content (AvgIpc) is 2.74. The molecule has 18 heavy (non-hydrogen) atoms. The lowest BCUT2D eigenvalue weighted by Crippen LogP contribution is -2.07. The van der Waals surface area contributed by atoms with E-state index in [2.05, 4.69) is 20.0 Å². The summed E-state index contributed by atoms with van der Waals surface area (Å²) in [6, 6.07) is 0. The van der Waals surface area contributed by atoms with Crippen LogP contribution in [0.3, 0.4) is 0 Å². The molecule has 0 atom stereocenters. The van der Waals surface area contributed by atoms with E-state index in [1.807, 2.05) is 0 Å². The Bertz CT molecular complexity index is 598. The molecule has 0 bridgehead atoms. The van der Waals surface area contributed by atoms with Gasteiger partial charge in [-0.05, 0) is 19.1 Å². The molecule has 92 valence electrons. The molecule has 1 aliphatic carbocycles. The minimum atomic E-state index is -0.683. The predicted molar refractivity (Wildman–Crippen MR) is 64.3 cm³/mol. The van der Waals surface area contributed by atoms with Crippen molar-refractivity contribution in [2.24, 2.45) is 5.16 Å². The number of H-pyrrole nitrogens is 1. The lowest BCUT2D eigenvalue weighted by Gasteiger charge is -2.02. The molecular formula is C11H8ClN3O3. The number of hydrogen-bond acceptors (Lipinski definition) is 5. The molecule has 1 aromatic rings. The number of nitrogens with one attached hydrogen (secondary N) is 1. The van der Waals surface area contributed by atoms with Gasteiger partial charge in [0, 0.05) is 6.08 Å². The SMILES string of the molecule is Cc1ncc(C(=O)ON=C2C=CC(=O)C=C2Cl)[nH]1. The van der Waals surface area contributed by atoms with Gasteiger partial charge in [0.05, 0.1) is 11.2 Å². The normalized spacial score (nSPS) is 16.9. The zero-order chi connectivity index (χ0) is 13.1. The number of carbonyl (C=O) groups is 2. The van der Waals surface area contributed by atoms with E-state index in [1.54, 1.807) is 6.92 Å². The van der Waals surface area contributed by atoms with Crippen LogP contribution in [-0.4, -0.2) is 27.4 Å². The van der Waals surface area contributed by atoms with Crippen LogP contribution >= 0.6 is 11.6 Å². The Hall–Kier alpha value is -2.21. The van der Waals surface area contributed by atoms with Gasteiger partial charge in [0.1, 0.15) is 17.2 Å². The van der Waals surface area contributed by atoms with E-state index in [4.69, 9.17) is 11.6 Å². The van der Waals surface area contributed by atoms with Crippen LogP contribution in [0.2, 0.25) is 0 Å². The van der Waals surface area contributed by atoms with E-state index >= 15 is 0 Å².